The molecule has 5 heteroatoms. The molecule has 3 aromatic rings. The predicted octanol–water partition coefficient (Wildman–Crippen LogP) is 4.99. The third-order valence-electron chi connectivity index (χ3n) is 4.94. The number of aryl methyl sites for hydroxylation is 1. The van der Waals surface area contributed by atoms with Gasteiger partial charge >= 0.3 is 5.97 Å². The van der Waals surface area contributed by atoms with Crippen LogP contribution in [0.4, 0.5) is 0 Å². The first kappa shape index (κ1) is 20.0. The summed E-state index contributed by atoms with van der Waals surface area (Å²) in [6.07, 6.45) is 4.91. The number of hydrogen-bond acceptors (Lipinski definition) is 3. The first-order valence-electron chi connectivity index (χ1n) is 9.95. The number of aromatic carboxylic acids is 1. The van der Waals surface area contributed by atoms with Gasteiger partial charge < -0.3 is 20.6 Å². The Balaban J connectivity index is 1.96. The largest absolute Gasteiger partial charge is 0.494 e. The molecule has 0 fully saturated rings. The number of H-pyrrole nitrogens is 1. The van der Waals surface area contributed by atoms with Gasteiger partial charge in [0.1, 0.15) is 5.75 Å². The van der Waals surface area contributed by atoms with E-state index in [-0.39, 0.29) is 0 Å². The Kier molecular flexibility index (Phi) is 6.71. The van der Waals surface area contributed by atoms with E-state index in [1.807, 2.05) is 18.2 Å². The summed E-state index contributed by atoms with van der Waals surface area (Å²) < 4.78 is 5.76. The van der Waals surface area contributed by atoms with Crippen molar-refractivity contribution in [3.05, 3.63) is 53.6 Å². The summed E-state index contributed by atoms with van der Waals surface area (Å²) in [6, 6.07) is 13.3. The van der Waals surface area contributed by atoms with Crippen LogP contribution in [0.5, 0.6) is 5.75 Å². The Bertz CT molecular complexity index is 929. The Morgan fingerprint density at radius 1 is 1.11 bits per heavy atom. The average molecular weight is 380 g/mol. The minimum atomic E-state index is -0.911. The van der Waals surface area contributed by atoms with Crippen molar-refractivity contribution < 1.29 is 14.6 Å². The lowest BCUT2D eigenvalue weighted by Crippen LogP contribution is -2.00. The van der Waals surface area contributed by atoms with Crippen LogP contribution in [0.3, 0.4) is 0 Å². The fourth-order valence-electron chi connectivity index (χ4n) is 3.39. The SMILES string of the molecule is CCCCOc1ccc(-c2[nH]c3ccc(C(=O)O)cc3c2CCCCN)cc1. The summed E-state index contributed by atoms with van der Waals surface area (Å²) in [5.41, 5.74) is 10.2. The van der Waals surface area contributed by atoms with E-state index in [1.165, 1.54) is 0 Å². The van der Waals surface area contributed by atoms with E-state index in [4.69, 9.17) is 10.5 Å². The van der Waals surface area contributed by atoms with Crippen LogP contribution in [0, 0.1) is 0 Å². The van der Waals surface area contributed by atoms with Gasteiger partial charge in [-0.3, -0.25) is 0 Å². The van der Waals surface area contributed by atoms with Crippen LogP contribution >= 0.6 is 0 Å². The molecule has 0 spiro atoms. The normalized spacial score (nSPS) is 11.1. The van der Waals surface area contributed by atoms with E-state index in [0.717, 1.165) is 72.2 Å². The highest BCUT2D eigenvalue weighted by Crippen LogP contribution is 2.33. The van der Waals surface area contributed by atoms with E-state index in [1.54, 1.807) is 12.1 Å². The van der Waals surface area contributed by atoms with Crippen LogP contribution < -0.4 is 10.5 Å². The van der Waals surface area contributed by atoms with Crippen molar-refractivity contribution in [2.45, 2.75) is 39.0 Å². The lowest BCUT2D eigenvalue weighted by Gasteiger charge is -2.08. The summed E-state index contributed by atoms with van der Waals surface area (Å²) in [7, 11) is 0. The predicted molar refractivity (Wildman–Crippen MR) is 113 cm³/mol. The topological polar surface area (TPSA) is 88.3 Å². The third-order valence-corrected chi connectivity index (χ3v) is 4.94. The minimum absolute atomic E-state index is 0.304. The number of carbonyl (C=O) groups is 1. The lowest BCUT2D eigenvalue weighted by atomic mass is 9.99. The van der Waals surface area contributed by atoms with Gasteiger partial charge in [0, 0.05) is 16.6 Å². The van der Waals surface area contributed by atoms with Crippen molar-refractivity contribution in [3.8, 4) is 17.0 Å². The average Bonchev–Trinajstić information content (AvgIpc) is 3.07. The summed E-state index contributed by atoms with van der Waals surface area (Å²) in [4.78, 5) is 14.9. The number of benzene rings is 2. The van der Waals surface area contributed by atoms with Crippen LogP contribution in [-0.2, 0) is 6.42 Å². The number of carboxylic acid groups (broad SMARTS) is 1. The second-order valence-corrected chi connectivity index (χ2v) is 7.02. The number of nitrogens with one attached hydrogen (secondary N) is 1. The van der Waals surface area contributed by atoms with Crippen molar-refractivity contribution in [1.82, 2.24) is 4.98 Å². The quantitative estimate of drug-likeness (QED) is 0.432. The molecule has 0 saturated carbocycles. The summed E-state index contributed by atoms with van der Waals surface area (Å²) in [5.74, 6) is -0.0442. The minimum Gasteiger partial charge on any atom is -0.494 e. The first-order valence-corrected chi connectivity index (χ1v) is 9.95. The van der Waals surface area contributed by atoms with Crippen molar-refractivity contribution in [2.75, 3.05) is 13.2 Å². The molecule has 0 aliphatic heterocycles. The molecule has 0 amide bonds. The van der Waals surface area contributed by atoms with E-state index in [0.29, 0.717) is 12.1 Å². The fraction of sp³-hybridized carbons (Fsp3) is 0.348. The van der Waals surface area contributed by atoms with Gasteiger partial charge in [-0.05, 0) is 85.8 Å². The molecular weight excluding hydrogens is 352 g/mol. The number of aromatic amines is 1. The number of nitrogens with two attached hydrogens (primary N) is 1. The van der Waals surface area contributed by atoms with Crippen molar-refractivity contribution in [2.24, 2.45) is 5.73 Å². The fourth-order valence-corrected chi connectivity index (χ4v) is 3.39. The Labute approximate surface area is 165 Å². The number of hydrogen-bond donors (Lipinski definition) is 3. The number of rotatable bonds is 10. The zero-order valence-electron chi connectivity index (χ0n) is 16.3. The number of unbranched alkanes of at least 4 members (excludes halogenated alkanes) is 2. The molecule has 3 rings (SSSR count). The van der Waals surface area contributed by atoms with Crippen molar-refractivity contribution in [1.29, 1.82) is 0 Å². The van der Waals surface area contributed by atoms with Gasteiger partial charge in [-0.1, -0.05) is 13.3 Å². The van der Waals surface area contributed by atoms with Crippen LogP contribution in [-0.4, -0.2) is 29.2 Å². The molecule has 5 nitrogen and oxygen atoms in total. The molecule has 0 atom stereocenters. The molecule has 0 aliphatic carbocycles. The van der Waals surface area contributed by atoms with Crippen LogP contribution in [0.1, 0.15) is 48.5 Å². The van der Waals surface area contributed by atoms with Gasteiger partial charge in [0.25, 0.3) is 0 Å². The zero-order valence-corrected chi connectivity index (χ0v) is 16.3. The van der Waals surface area contributed by atoms with Crippen molar-refractivity contribution >= 4 is 16.9 Å². The summed E-state index contributed by atoms with van der Waals surface area (Å²) in [6.45, 7) is 3.52. The highest BCUT2D eigenvalue weighted by molar-refractivity contribution is 5.97. The molecule has 28 heavy (non-hydrogen) atoms. The molecule has 2 aromatic carbocycles. The molecule has 0 aliphatic rings. The number of fused-ring (bicyclic) bond motifs is 1. The molecule has 148 valence electrons. The zero-order chi connectivity index (χ0) is 19.9. The molecular formula is C23H28N2O3. The molecule has 0 radical (unpaired) electrons. The monoisotopic (exact) mass is 380 g/mol. The molecule has 1 heterocycles. The maximum atomic E-state index is 11.4. The van der Waals surface area contributed by atoms with Gasteiger partial charge in [-0.25, -0.2) is 4.79 Å². The molecule has 0 saturated heterocycles. The van der Waals surface area contributed by atoms with E-state index in [2.05, 4.69) is 24.0 Å². The maximum Gasteiger partial charge on any atom is 0.335 e. The molecule has 1 aromatic heterocycles. The second kappa shape index (κ2) is 9.42. The second-order valence-electron chi connectivity index (χ2n) is 7.02. The van der Waals surface area contributed by atoms with Gasteiger partial charge in [0.05, 0.1) is 12.2 Å². The smallest absolute Gasteiger partial charge is 0.335 e. The highest BCUT2D eigenvalue weighted by atomic mass is 16.5. The van der Waals surface area contributed by atoms with Gasteiger partial charge in [0.2, 0.25) is 0 Å². The summed E-state index contributed by atoms with van der Waals surface area (Å²) >= 11 is 0. The highest BCUT2D eigenvalue weighted by Gasteiger charge is 2.15. The van der Waals surface area contributed by atoms with Gasteiger partial charge in [-0.15, -0.1) is 0 Å². The lowest BCUT2D eigenvalue weighted by molar-refractivity contribution is 0.0697. The van der Waals surface area contributed by atoms with E-state index in [9.17, 15) is 9.90 Å². The number of ether oxygens (including phenoxy) is 1. The van der Waals surface area contributed by atoms with E-state index >= 15 is 0 Å². The first-order chi connectivity index (χ1) is 13.6. The number of carboxylic acids is 1. The van der Waals surface area contributed by atoms with Gasteiger partial charge in [-0.2, -0.15) is 0 Å². The Morgan fingerprint density at radius 2 is 1.89 bits per heavy atom. The van der Waals surface area contributed by atoms with Crippen LogP contribution in [0.15, 0.2) is 42.5 Å². The standard InChI is InChI=1S/C23H28N2O3/c1-2-3-14-28-18-10-7-16(8-11-18)22-19(6-4-5-13-24)20-15-17(23(26)27)9-12-21(20)25-22/h7-12,15,25H,2-6,13-14,24H2,1H3,(H,26,27). The maximum absolute atomic E-state index is 11.4. The molecule has 0 bridgehead atoms. The van der Waals surface area contributed by atoms with Crippen molar-refractivity contribution in [3.63, 3.8) is 0 Å². The molecule has 4 N–H and O–H groups in total. The van der Waals surface area contributed by atoms with Crippen LogP contribution in [0.25, 0.3) is 22.2 Å². The molecule has 0 unspecified atom stereocenters. The van der Waals surface area contributed by atoms with Crippen LogP contribution in [0.2, 0.25) is 0 Å². The number of aromatic nitrogens is 1. The Hall–Kier alpha value is -2.79. The summed E-state index contributed by atoms with van der Waals surface area (Å²) in [5, 5.41) is 10.3. The van der Waals surface area contributed by atoms with Gasteiger partial charge in [0.15, 0.2) is 0 Å². The Morgan fingerprint density at radius 3 is 2.57 bits per heavy atom. The van der Waals surface area contributed by atoms with E-state index < -0.39 is 5.97 Å². The third kappa shape index (κ3) is 4.54.